The van der Waals surface area contributed by atoms with Crippen molar-refractivity contribution in [2.45, 2.75) is 25.2 Å². The molecule has 0 saturated heterocycles. The highest BCUT2D eigenvalue weighted by atomic mass is 32.2. The number of likely N-dealkylation sites (N-methyl/N-ethyl adjacent to an activating group) is 1. The lowest BCUT2D eigenvalue weighted by Crippen LogP contribution is -3.06. The lowest BCUT2D eigenvalue weighted by molar-refractivity contribution is -0.856. The number of nitrogens with zero attached hydrogens (tertiary/aromatic N) is 2. The van der Waals surface area contributed by atoms with Gasteiger partial charge in [-0.25, -0.2) is 4.98 Å². The van der Waals surface area contributed by atoms with E-state index in [1.54, 1.807) is 23.1 Å². The number of amides is 1. The van der Waals surface area contributed by atoms with E-state index in [1.807, 2.05) is 23.1 Å². The van der Waals surface area contributed by atoms with E-state index in [4.69, 9.17) is 4.98 Å². The predicted molar refractivity (Wildman–Crippen MR) is 121 cm³/mol. The van der Waals surface area contributed by atoms with E-state index in [0.29, 0.717) is 13.0 Å². The first kappa shape index (κ1) is 20.8. The van der Waals surface area contributed by atoms with Crippen molar-refractivity contribution in [3.8, 4) is 0 Å². The number of anilines is 1. The fourth-order valence-electron chi connectivity index (χ4n) is 3.05. The zero-order valence-electron chi connectivity index (χ0n) is 17.0. The monoisotopic (exact) mass is 414 g/mol. The fourth-order valence-corrected chi connectivity index (χ4v) is 4.97. The molecular formula is C22H28N3OS2+. The summed E-state index contributed by atoms with van der Waals surface area (Å²) in [4.78, 5) is 22.3. The van der Waals surface area contributed by atoms with Crippen LogP contribution in [0.2, 0.25) is 0 Å². The van der Waals surface area contributed by atoms with Crippen molar-refractivity contribution in [1.82, 2.24) is 4.98 Å². The number of quaternary nitrogens is 1. The molecular weight excluding hydrogens is 386 g/mol. The normalized spacial score (nSPS) is 11.3. The zero-order chi connectivity index (χ0) is 20.1. The summed E-state index contributed by atoms with van der Waals surface area (Å²) in [6, 6.07) is 14.5. The number of benzene rings is 2. The Morgan fingerprint density at radius 1 is 1.18 bits per heavy atom. The molecule has 6 heteroatoms. The van der Waals surface area contributed by atoms with Crippen molar-refractivity contribution in [3.63, 3.8) is 0 Å². The van der Waals surface area contributed by atoms with Crippen LogP contribution in [0.1, 0.15) is 17.5 Å². The van der Waals surface area contributed by atoms with Crippen LogP contribution in [0.4, 0.5) is 5.13 Å². The molecule has 0 bridgehead atoms. The van der Waals surface area contributed by atoms with E-state index >= 15 is 0 Å². The van der Waals surface area contributed by atoms with Crippen LogP contribution >= 0.6 is 23.1 Å². The van der Waals surface area contributed by atoms with Crippen molar-refractivity contribution in [2.24, 2.45) is 0 Å². The number of nitrogens with one attached hydrogen (secondary N) is 1. The second-order valence-electron chi connectivity index (χ2n) is 7.34. The van der Waals surface area contributed by atoms with E-state index < -0.39 is 0 Å². The molecule has 1 N–H and O–H groups in total. The molecule has 1 amide bonds. The van der Waals surface area contributed by atoms with Gasteiger partial charge in [-0.05, 0) is 43.2 Å². The second-order valence-corrected chi connectivity index (χ2v) is 9.49. The highest BCUT2D eigenvalue weighted by Crippen LogP contribution is 2.32. The lowest BCUT2D eigenvalue weighted by atomic mass is 10.1. The second kappa shape index (κ2) is 9.54. The van der Waals surface area contributed by atoms with Crippen LogP contribution in [-0.4, -0.2) is 43.8 Å². The topological polar surface area (TPSA) is 37.6 Å². The van der Waals surface area contributed by atoms with Crippen LogP contribution in [0.15, 0.2) is 47.4 Å². The first-order valence-corrected chi connectivity index (χ1v) is 11.4. The number of hydrogen-bond donors (Lipinski definition) is 1. The molecule has 0 spiro atoms. The van der Waals surface area contributed by atoms with Gasteiger partial charge in [-0.1, -0.05) is 35.6 Å². The highest BCUT2D eigenvalue weighted by Gasteiger charge is 2.21. The number of hydrogen-bond acceptors (Lipinski definition) is 4. The Kier molecular flexibility index (Phi) is 7.10. The van der Waals surface area contributed by atoms with Crippen LogP contribution in [0, 0.1) is 13.8 Å². The Morgan fingerprint density at radius 2 is 1.93 bits per heavy atom. The van der Waals surface area contributed by atoms with Crippen LogP contribution in [0.3, 0.4) is 0 Å². The summed E-state index contributed by atoms with van der Waals surface area (Å²) in [5.74, 6) is 0.926. The number of aromatic nitrogens is 1. The Hall–Kier alpha value is -1.89. The third-order valence-electron chi connectivity index (χ3n) is 4.50. The van der Waals surface area contributed by atoms with Gasteiger partial charge in [0.05, 0.1) is 37.4 Å². The SMILES string of the molecule is Cc1cc(C)c2sc(N(CC[NH+](C)C)C(=O)CCSc3ccccc3)nc2c1. The summed E-state index contributed by atoms with van der Waals surface area (Å²) in [6.07, 6.45) is 0.510. The number of fused-ring (bicyclic) bond motifs is 1. The minimum Gasteiger partial charge on any atom is -0.338 e. The van der Waals surface area contributed by atoms with Gasteiger partial charge < -0.3 is 4.90 Å². The number of carbonyl (C=O) groups excluding carboxylic acids is 1. The largest absolute Gasteiger partial charge is 0.338 e. The predicted octanol–water partition coefficient (Wildman–Crippen LogP) is 3.57. The van der Waals surface area contributed by atoms with Crippen molar-refractivity contribution in [3.05, 3.63) is 53.6 Å². The molecule has 28 heavy (non-hydrogen) atoms. The maximum atomic E-state index is 13.0. The van der Waals surface area contributed by atoms with Gasteiger partial charge in [-0.3, -0.25) is 9.69 Å². The van der Waals surface area contributed by atoms with Crippen LogP contribution < -0.4 is 9.80 Å². The quantitative estimate of drug-likeness (QED) is 0.573. The number of carbonyl (C=O) groups is 1. The number of rotatable bonds is 8. The Bertz CT molecular complexity index is 938. The van der Waals surface area contributed by atoms with E-state index in [0.717, 1.165) is 22.9 Å². The zero-order valence-corrected chi connectivity index (χ0v) is 18.6. The molecule has 0 saturated carbocycles. The van der Waals surface area contributed by atoms with Crippen molar-refractivity contribution in [1.29, 1.82) is 0 Å². The molecule has 0 unspecified atom stereocenters. The van der Waals surface area contributed by atoms with Gasteiger partial charge in [-0.15, -0.1) is 11.8 Å². The van der Waals surface area contributed by atoms with Crippen LogP contribution in [0.25, 0.3) is 10.2 Å². The standard InChI is InChI=1S/C22H27N3OS2/c1-16-14-17(2)21-19(15-16)23-22(28-21)25(12-11-24(3)4)20(26)10-13-27-18-8-6-5-7-9-18/h5-9,14-15H,10-13H2,1-4H3/p+1. The summed E-state index contributed by atoms with van der Waals surface area (Å²) in [6.45, 7) is 5.79. The smallest absolute Gasteiger partial charge is 0.229 e. The highest BCUT2D eigenvalue weighted by molar-refractivity contribution is 7.99. The summed E-state index contributed by atoms with van der Waals surface area (Å²) < 4.78 is 1.18. The average molecular weight is 415 g/mol. The van der Waals surface area contributed by atoms with Gasteiger partial charge in [0.15, 0.2) is 5.13 Å². The molecule has 0 aliphatic carbocycles. The van der Waals surface area contributed by atoms with E-state index in [2.05, 4.69) is 52.2 Å². The average Bonchev–Trinajstić information content (AvgIpc) is 3.06. The van der Waals surface area contributed by atoms with E-state index in [1.165, 1.54) is 25.6 Å². The Balaban J connectivity index is 1.76. The van der Waals surface area contributed by atoms with Gasteiger partial charge in [0.25, 0.3) is 0 Å². The molecule has 148 valence electrons. The first-order chi connectivity index (χ1) is 13.4. The van der Waals surface area contributed by atoms with Gasteiger partial charge in [-0.2, -0.15) is 0 Å². The molecule has 4 nitrogen and oxygen atoms in total. The summed E-state index contributed by atoms with van der Waals surface area (Å²) in [7, 11) is 4.22. The third kappa shape index (κ3) is 5.34. The summed E-state index contributed by atoms with van der Waals surface area (Å²) in [5, 5.41) is 0.819. The summed E-state index contributed by atoms with van der Waals surface area (Å²) >= 11 is 3.35. The molecule has 1 heterocycles. The third-order valence-corrected chi connectivity index (χ3v) is 6.75. The Labute approximate surface area is 175 Å². The summed E-state index contributed by atoms with van der Waals surface area (Å²) in [5.41, 5.74) is 3.42. The van der Waals surface area contributed by atoms with Crippen LogP contribution in [0.5, 0.6) is 0 Å². The van der Waals surface area contributed by atoms with E-state index in [9.17, 15) is 4.79 Å². The fraction of sp³-hybridized carbons (Fsp3) is 0.364. The molecule has 0 fully saturated rings. The van der Waals surface area contributed by atoms with E-state index in [-0.39, 0.29) is 5.91 Å². The lowest BCUT2D eigenvalue weighted by Gasteiger charge is -2.20. The maximum absolute atomic E-state index is 13.0. The van der Waals surface area contributed by atoms with Gasteiger partial charge >= 0.3 is 0 Å². The maximum Gasteiger partial charge on any atom is 0.229 e. The van der Waals surface area contributed by atoms with Gasteiger partial charge in [0.2, 0.25) is 5.91 Å². The van der Waals surface area contributed by atoms with Gasteiger partial charge in [0, 0.05) is 17.1 Å². The number of thiazole rings is 1. The molecule has 3 aromatic rings. The molecule has 1 aromatic heterocycles. The molecule has 0 atom stereocenters. The molecule has 3 rings (SSSR count). The van der Waals surface area contributed by atoms with Crippen molar-refractivity contribution >= 4 is 44.4 Å². The van der Waals surface area contributed by atoms with Crippen molar-refractivity contribution in [2.75, 3.05) is 37.8 Å². The molecule has 0 aliphatic rings. The minimum absolute atomic E-state index is 0.151. The Morgan fingerprint density at radius 3 is 2.64 bits per heavy atom. The minimum atomic E-state index is 0.151. The number of thioether (sulfide) groups is 1. The molecule has 0 radical (unpaired) electrons. The molecule has 2 aromatic carbocycles. The first-order valence-electron chi connectivity index (χ1n) is 9.59. The molecule has 0 aliphatic heterocycles. The van der Waals surface area contributed by atoms with Crippen molar-refractivity contribution < 1.29 is 9.69 Å². The van der Waals surface area contributed by atoms with Crippen LogP contribution in [-0.2, 0) is 4.79 Å². The van der Waals surface area contributed by atoms with Gasteiger partial charge in [0.1, 0.15) is 0 Å². The number of aryl methyl sites for hydroxylation is 2.